The summed E-state index contributed by atoms with van der Waals surface area (Å²) < 4.78 is 7.23. The van der Waals surface area contributed by atoms with Crippen LogP contribution in [0.25, 0.3) is 11.3 Å². The molecule has 0 saturated heterocycles. The van der Waals surface area contributed by atoms with E-state index in [9.17, 15) is 0 Å². The molecular weight excluding hydrogens is 236 g/mol. The lowest BCUT2D eigenvalue weighted by molar-refractivity contribution is 0.415. The molecule has 0 aliphatic heterocycles. The maximum Gasteiger partial charge on any atom is 0.128 e. The Morgan fingerprint density at radius 3 is 2.47 bits per heavy atom. The summed E-state index contributed by atoms with van der Waals surface area (Å²) in [6, 6.07) is 5.88. The van der Waals surface area contributed by atoms with Crippen LogP contribution in [-0.4, -0.2) is 16.9 Å². The molecule has 0 aliphatic rings. The van der Waals surface area contributed by atoms with Gasteiger partial charge in [0.15, 0.2) is 0 Å². The van der Waals surface area contributed by atoms with Crippen LogP contribution in [0, 0.1) is 13.8 Å². The molecule has 17 heavy (non-hydrogen) atoms. The summed E-state index contributed by atoms with van der Waals surface area (Å²) in [6.45, 7) is 3.93. The summed E-state index contributed by atoms with van der Waals surface area (Å²) >= 11 is 6.17. The lowest BCUT2D eigenvalue weighted by Gasteiger charge is -2.11. The van der Waals surface area contributed by atoms with Crippen molar-refractivity contribution in [3.8, 4) is 17.0 Å². The molecule has 0 spiro atoms. The van der Waals surface area contributed by atoms with Crippen LogP contribution in [0.3, 0.4) is 0 Å². The van der Waals surface area contributed by atoms with E-state index in [4.69, 9.17) is 16.3 Å². The van der Waals surface area contributed by atoms with Crippen LogP contribution in [0.4, 0.5) is 0 Å². The zero-order valence-electron chi connectivity index (χ0n) is 10.4. The van der Waals surface area contributed by atoms with E-state index in [1.165, 1.54) is 0 Å². The first-order valence-electron chi connectivity index (χ1n) is 5.38. The van der Waals surface area contributed by atoms with E-state index in [0.717, 1.165) is 33.3 Å². The van der Waals surface area contributed by atoms with Gasteiger partial charge < -0.3 is 4.74 Å². The standard InChI is InChI=1S/C13H15ClN2O/c1-8-5-13(17-4)10(7-11(8)14)12-6-9(2)15-16(12)3/h5-7H,1-4H3. The maximum absolute atomic E-state index is 6.17. The Hall–Kier alpha value is -1.48. The molecule has 0 saturated carbocycles. The van der Waals surface area contributed by atoms with Crippen molar-refractivity contribution in [2.75, 3.05) is 7.11 Å². The molecule has 0 bridgehead atoms. The highest BCUT2D eigenvalue weighted by atomic mass is 35.5. The number of nitrogens with zero attached hydrogens (tertiary/aromatic N) is 2. The van der Waals surface area contributed by atoms with E-state index >= 15 is 0 Å². The van der Waals surface area contributed by atoms with Crippen molar-refractivity contribution in [1.82, 2.24) is 9.78 Å². The third-order valence-electron chi connectivity index (χ3n) is 2.76. The second-order valence-corrected chi connectivity index (χ2v) is 4.50. The summed E-state index contributed by atoms with van der Waals surface area (Å²) in [5.41, 5.74) is 3.94. The Morgan fingerprint density at radius 2 is 1.94 bits per heavy atom. The molecule has 4 heteroatoms. The minimum atomic E-state index is 0.736. The third-order valence-corrected chi connectivity index (χ3v) is 3.17. The van der Waals surface area contributed by atoms with Gasteiger partial charge in [0.2, 0.25) is 0 Å². The highest BCUT2D eigenvalue weighted by Gasteiger charge is 2.13. The molecule has 3 nitrogen and oxygen atoms in total. The van der Waals surface area contributed by atoms with Gasteiger partial charge in [-0.25, -0.2) is 0 Å². The number of halogens is 1. The van der Waals surface area contributed by atoms with Crippen molar-refractivity contribution in [1.29, 1.82) is 0 Å². The first-order chi connectivity index (χ1) is 8.02. The predicted molar refractivity (Wildman–Crippen MR) is 69.7 cm³/mol. The van der Waals surface area contributed by atoms with Crippen LogP contribution in [-0.2, 0) is 7.05 Å². The fourth-order valence-electron chi connectivity index (χ4n) is 1.89. The third kappa shape index (κ3) is 2.15. The van der Waals surface area contributed by atoms with Gasteiger partial charge in [-0.3, -0.25) is 4.68 Å². The summed E-state index contributed by atoms with van der Waals surface area (Å²) in [7, 11) is 3.57. The minimum Gasteiger partial charge on any atom is -0.496 e. The summed E-state index contributed by atoms with van der Waals surface area (Å²) in [4.78, 5) is 0. The van der Waals surface area contributed by atoms with E-state index < -0.39 is 0 Å². The molecule has 0 fully saturated rings. The number of methoxy groups -OCH3 is 1. The van der Waals surface area contributed by atoms with E-state index in [-0.39, 0.29) is 0 Å². The van der Waals surface area contributed by atoms with Gasteiger partial charge in [-0.15, -0.1) is 0 Å². The quantitative estimate of drug-likeness (QED) is 0.817. The molecule has 0 radical (unpaired) electrons. The minimum absolute atomic E-state index is 0.736. The molecule has 0 N–H and O–H groups in total. The number of hydrogen-bond donors (Lipinski definition) is 0. The molecule has 90 valence electrons. The van der Waals surface area contributed by atoms with Gasteiger partial charge in [0, 0.05) is 17.6 Å². The topological polar surface area (TPSA) is 27.1 Å². The Morgan fingerprint density at radius 1 is 1.24 bits per heavy atom. The van der Waals surface area contributed by atoms with E-state index in [1.54, 1.807) is 7.11 Å². The van der Waals surface area contributed by atoms with Crippen molar-refractivity contribution in [3.63, 3.8) is 0 Å². The van der Waals surface area contributed by atoms with Crippen LogP contribution in [0.2, 0.25) is 5.02 Å². The van der Waals surface area contributed by atoms with E-state index in [1.807, 2.05) is 43.8 Å². The molecule has 0 aliphatic carbocycles. The zero-order chi connectivity index (χ0) is 12.6. The van der Waals surface area contributed by atoms with Crippen molar-refractivity contribution in [3.05, 3.63) is 34.5 Å². The highest BCUT2D eigenvalue weighted by Crippen LogP contribution is 2.34. The number of rotatable bonds is 2. The second kappa shape index (κ2) is 4.41. The molecule has 0 unspecified atom stereocenters. The highest BCUT2D eigenvalue weighted by molar-refractivity contribution is 6.31. The molecule has 2 rings (SSSR count). The number of ether oxygens (including phenoxy) is 1. The van der Waals surface area contributed by atoms with Gasteiger partial charge in [-0.05, 0) is 37.6 Å². The average molecular weight is 251 g/mol. The van der Waals surface area contributed by atoms with Crippen LogP contribution in [0.15, 0.2) is 18.2 Å². The first kappa shape index (κ1) is 12.0. The van der Waals surface area contributed by atoms with Gasteiger partial charge in [-0.2, -0.15) is 5.10 Å². The molecule has 1 heterocycles. The molecule has 0 amide bonds. The smallest absolute Gasteiger partial charge is 0.128 e. The molecule has 2 aromatic rings. The Bertz CT molecular complexity index is 561. The van der Waals surface area contributed by atoms with Crippen molar-refractivity contribution in [2.24, 2.45) is 7.05 Å². The van der Waals surface area contributed by atoms with Gasteiger partial charge in [-0.1, -0.05) is 11.6 Å². The number of aromatic nitrogens is 2. The molecule has 1 aromatic heterocycles. The fourth-order valence-corrected chi connectivity index (χ4v) is 2.05. The number of hydrogen-bond acceptors (Lipinski definition) is 2. The van der Waals surface area contributed by atoms with Crippen molar-refractivity contribution >= 4 is 11.6 Å². The largest absolute Gasteiger partial charge is 0.496 e. The summed E-state index contributed by atoms with van der Waals surface area (Å²) in [5.74, 6) is 0.815. The number of aryl methyl sites for hydroxylation is 3. The normalized spacial score (nSPS) is 10.6. The molecular formula is C13H15ClN2O. The zero-order valence-corrected chi connectivity index (χ0v) is 11.2. The number of benzene rings is 1. The van der Waals surface area contributed by atoms with Gasteiger partial charge in [0.05, 0.1) is 18.5 Å². The van der Waals surface area contributed by atoms with Crippen molar-refractivity contribution in [2.45, 2.75) is 13.8 Å². The second-order valence-electron chi connectivity index (χ2n) is 4.10. The lowest BCUT2D eigenvalue weighted by atomic mass is 10.1. The average Bonchev–Trinajstić information content (AvgIpc) is 2.61. The van der Waals surface area contributed by atoms with Crippen LogP contribution >= 0.6 is 11.6 Å². The monoisotopic (exact) mass is 250 g/mol. The summed E-state index contributed by atoms with van der Waals surface area (Å²) in [6.07, 6.45) is 0. The fraction of sp³-hybridized carbons (Fsp3) is 0.308. The lowest BCUT2D eigenvalue weighted by Crippen LogP contribution is -1.96. The Kier molecular flexibility index (Phi) is 3.11. The van der Waals surface area contributed by atoms with Gasteiger partial charge >= 0.3 is 0 Å². The van der Waals surface area contributed by atoms with Gasteiger partial charge in [0.1, 0.15) is 5.75 Å². The Balaban J connectivity index is 2.66. The van der Waals surface area contributed by atoms with Crippen LogP contribution in [0.1, 0.15) is 11.3 Å². The van der Waals surface area contributed by atoms with E-state index in [0.29, 0.717) is 0 Å². The SMILES string of the molecule is COc1cc(C)c(Cl)cc1-c1cc(C)nn1C. The van der Waals surface area contributed by atoms with E-state index in [2.05, 4.69) is 5.10 Å². The Labute approximate surface area is 106 Å². The predicted octanol–water partition coefficient (Wildman–Crippen LogP) is 3.37. The van der Waals surface area contributed by atoms with Crippen LogP contribution < -0.4 is 4.74 Å². The van der Waals surface area contributed by atoms with Crippen LogP contribution in [0.5, 0.6) is 5.75 Å². The summed E-state index contributed by atoms with van der Waals surface area (Å²) in [5, 5.41) is 5.07. The molecule has 1 aromatic carbocycles. The first-order valence-corrected chi connectivity index (χ1v) is 5.76. The maximum atomic E-state index is 6.17. The van der Waals surface area contributed by atoms with Gasteiger partial charge in [0.25, 0.3) is 0 Å². The van der Waals surface area contributed by atoms with Crippen molar-refractivity contribution < 1.29 is 4.74 Å². The molecule has 0 atom stereocenters.